The lowest BCUT2D eigenvalue weighted by molar-refractivity contribution is -0.133. The van der Waals surface area contributed by atoms with Crippen molar-refractivity contribution in [3.05, 3.63) is 0 Å². The van der Waals surface area contributed by atoms with E-state index in [2.05, 4.69) is 0 Å². The molecule has 0 saturated heterocycles. The molecular weight excluding hydrogens is 316 g/mol. The minimum atomic E-state index is -1.77. The van der Waals surface area contributed by atoms with Gasteiger partial charge in [0.15, 0.2) is 0 Å². The molecule has 0 N–H and O–H groups in total. The predicted molar refractivity (Wildman–Crippen MR) is 88.7 cm³/mol. The molecular formula is C11H24O4S2Si2. The standard InChI is InChI=1S/C11H24O4S2Si2/c1-18(2,3)14-10(12)7-16-9-17-8-11(13)15-19(4,5)6/h7-9H2,1-6H3. The van der Waals surface area contributed by atoms with Gasteiger partial charge in [-0.15, -0.1) is 23.5 Å². The molecule has 0 radical (unpaired) electrons. The summed E-state index contributed by atoms with van der Waals surface area (Å²) in [5.41, 5.74) is 0. The second-order valence-corrected chi connectivity index (χ2v) is 17.2. The van der Waals surface area contributed by atoms with Gasteiger partial charge < -0.3 is 8.85 Å². The molecule has 0 fully saturated rings. The van der Waals surface area contributed by atoms with Gasteiger partial charge in [-0.2, -0.15) is 0 Å². The highest BCUT2D eigenvalue weighted by Gasteiger charge is 2.20. The summed E-state index contributed by atoms with van der Waals surface area (Å²) in [6.45, 7) is 11.9. The Labute approximate surface area is 126 Å². The molecule has 0 aliphatic rings. The van der Waals surface area contributed by atoms with E-state index in [-0.39, 0.29) is 11.9 Å². The van der Waals surface area contributed by atoms with Gasteiger partial charge in [0, 0.05) is 5.08 Å². The summed E-state index contributed by atoms with van der Waals surface area (Å²) in [7, 11) is -3.55. The summed E-state index contributed by atoms with van der Waals surface area (Å²) in [5.74, 6) is 0.379. The van der Waals surface area contributed by atoms with Crippen LogP contribution in [-0.2, 0) is 18.4 Å². The van der Waals surface area contributed by atoms with Crippen LogP contribution in [0.25, 0.3) is 0 Å². The Morgan fingerprint density at radius 2 is 1.11 bits per heavy atom. The Morgan fingerprint density at radius 3 is 1.37 bits per heavy atom. The van der Waals surface area contributed by atoms with Crippen LogP contribution in [-0.4, -0.2) is 45.2 Å². The van der Waals surface area contributed by atoms with E-state index in [0.717, 1.165) is 0 Å². The Kier molecular flexibility index (Phi) is 8.41. The molecule has 0 aromatic carbocycles. The zero-order valence-corrected chi connectivity index (χ0v) is 16.2. The molecule has 0 bridgehead atoms. The summed E-state index contributed by atoms with van der Waals surface area (Å²) in [5, 5.41) is 0.696. The van der Waals surface area contributed by atoms with Crippen LogP contribution in [0, 0.1) is 0 Å². The first-order valence-corrected chi connectivity index (χ1v) is 15.2. The molecule has 8 heteroatoms. The van der Waals surface area contributed by atoms with Gasteiger partial charge in [0.05, 0.1) is 11.5 Å². The van der Waals surface area contributed by atoms with Crippen LogP contribution in [0.5, 0.6) is 0 Å². The largest absolute Gasteiger partial charge is 0.519 e. The van der Waals surface area contributed by atoms with Crippen LogP contribution in [0.2, 0.25) is 39.3 Å². The number of carbonyl (C=O) groups is 2. The average molecular weight is 341 g/mol. The molecule has 0 amide bonds. The maximum Gasteiger partial charge on any atom is 0.302 e. The van der Waals surface area contributed by atoms with Gasteiger partial charge in [-0.1, -0.05) is 0 Å². The summed E-state index contributed by atoms with van der Waals surface area (Å²) in [6, 6.07) is 0. The fourth-order valence-electron chi connectivity index (χ4n) is 1.05. The summed E-state index contributed by atoms with van der Waals surface area (Å²) < 4.78 is 10.6. The topological polar surface area (TPSA) is 52.6 Å². The van der Waals surface area contributed by atoms with Gasteiger partial charge in [-0.05, 0) is 39.3 Å². The van der Waals surface area contributed by atoms with Crippen LogP contribution in [0.1, 0.15) is 0 Å². The van der Waals surface area contributed by atoms with Crippen molar-refractivity contribution in [3.8, 4) is 0 Å². The fraction of sp³-hybridized carbons (Fsp3) is 0.818. The van der Waals surface area contributed by atoms with E-state index in [0.29, 0.717) is 16.6 Å². The minimum Gasteiger partial charge on any atom is -0.519 e. The van der Waals surface area contributed by atoms with E-state index in [1.165, 1.54) is 23.5 Å². The van der Waals surface area contributed by atoms with E-state index in [9.17, 15) is 9.59 Å². The van der Waals surface area contributed by atoms with Crippen molar-refractivity contribution in [2.45, 2.75) is 39.3 Å². The maximum atomic E-state index is 11.4. The lowest BCUT2D eigenvalue weighted by atomic mass is 10.8. The van der Waals surface area contributed by atoms with Crippen molar-refractivity contribution in [1.82, 2.24) is 0 Å². The number of thioether (sulfide) groups is 2. The Balaban J connectivity index is 3.61. The molecule has 0 aromatic heterocycles. The second-order valence-electron chi connectivity index (χ2n) is 5.99. The first-order valence-electron chi connectivity index (χ1n) is 6.09. The molecule has 19 heavy (non-hydrogen) atoms. The van der Waals surface area contributed by atoms with E-state index >= 15 is 0 Å². The van der Waals surface area contributed by atoms with Crippen LogP contribution in [0.15, 0.2) is 0 Å². The summed E-state index contributed by atoms with van der Waals surface area (Å²) in [4.78, 5) is 22.9. The van der Waals surface area contributed by atoms with Crippen molar-refractivity contribution in [2.24, 2.45) is 0 Å². The van der Waals surface area contributed by atoms with Crippen molar-refractivity contribution in [1.29, 1.82) is 0 Å². The molecule has 0 heterocycles. The molecule has 0 saturated carbocycles. The molecule has 0 aliphatic carbocycles. The van der Waals surface area contributed by atoms with Crippen molar-refractivity contribution in [3.63, 3.8) is 0 Å². The molecule has 112 valence electrons. The van der Waals surface area contributed by atoms with E-state index < -0.39 is 16.6 Å². The monoisotopic (exact) mass is 340 g/mol. The van der Waals surface area contributed by atoms with Gasteiger partial charge in [0.1, 0.15) is 0 Å². The summed E-state index contributed by atoms with van der Waals surface area (Å²) >= 11 is 2.95. The van der Waals surface area contributed by atoms with Gasteiger partial charge in [0.2, 0.25) is 16.6 Å². The highest BCUT2D eigenvalue weighted by molar-refractivity contribution is 8.16. The van der Waals surface area contributed by atoms with Crippen LogP contribution < -0.4 is 0 Å². The van der Waals surface area contributed by atoms with Crippen molar-refractivity contribution >= 4 is 52.1 Å². The van der Waals surface area contributed by atoms with E-state index in [1.807, 2.05) is 39.3 Å². The average Bonchev–Trinajstić information content (AvgIpc) is 2.10. The van der Waals surface area contributed by atoms with E-state index in [1.54, 1.807) is 0 Å². The Hall–Kier alpha value is 0.0738. The number of carbonyl (C=O) groups excluding carboxylic acids is 2. The third-order valence-electron chi connectivity index (χ3n) is 1.45. The highest BCUT2D eigenvalue weighted by Crippen LogP contribution is 2.15. The molecule has 0 rings (SSSR count). The van der Waals surface area contributed by atoms with Crippen molar-refractivity contribution in [2.75, 3.05) is 16.6 Å². The van der Waals surface area contributed by atoms with Crippen LogP contribution >= 0.6 is 23.5 Å². The normalized spacial score (nSPS) is 12.1. The SMILES string of the molecule is C[Si](C)(C)OC(=O)CSCSCC(=O)O[Si](C)(C)C. The number of rotatable bonds is 8. The number of hydrogen-bond donors (Lipinski definition) is 0. The van der Waals surface area contributed by atoms with Crippen LogP contribution in [0.3, 0.4) is 0 Å². The summed E-state index contributed by atoms with van der Waals surface area (Å²) in [6.07, 6.45) is 0. The lowest BCUT2D eigenvalue weighted by Crippen LogP contribution is -2.30. The maximum absolute atomic E-state index is 11.4. The fourth-order valence-corrected chi connectivity index (χ4v) is 4.36. The third kappa shape index (κ3) is 14.3. The Bertz CT molecular complexity index is 281. The van der Waals surface area contributed by atoms with Crippen molar-refractivity contribution < 1.29 is 18.4 Å². The van der Waals surface area contributed by atoms with Gasteiger partial charge >= 0.3 is 11.9 Å². The number of hydrogen-bond acceptors (Lipinski definition) is 6. The van der Waals surface area contributed by atoms with Gasteiger partial charge in [-0.25, -0.2) is 0 Å². The first-order chi connectivity index (χ1) is 8.49. The predicted octanol–water partition coefficient (Wildman–Crippen LogP) is 3.17. The molecule has 0 unspecified atom stereocenters. The van der Waals surface area contributed by atoms with Gasteiger partial charge in [0.25, 0.3) is 0 Å². The third-order valence-corrected chi connectivity index (χ3v) is 5.34. The van der Waals surface area contributed by atoms with Crippen LogP contribution in [0.4, 0.5) is 0 Å². The zero-order chi connectivity index (χ0) is 15.1. The molecule has 0 aromatic rings. The molecule has 0 atom stereocenters. The van der Waals surface area contributed by atoms with E-state index in [4.69, 9.17) is 8.85 Å². The smallest absolute Gasteiger partial charge is 0.302 e. The molecule has 0 spiro atoms. The quantitative estimate of drug-likeness (QED) is 0.384. The minimum absolute atomic E-state index is 0.158. The lowest BCUT2D eigenvalue weighted by Gasteiger charge is -2.17. The highest BCUT2D eigenvalue weighted by atomic mass is 32.2. The zero-order valence-electron chi connectivity index (χ0n) is 12.6. The molecule has 0 aliphatic heterocycles. The second kappa shape index (κ2) is 8.38. The Morgan fingerprint density at radius 1 is 0.789 bits per heavy atom. The molecule has 4 nitrogen and oxygen atoms in total. The first kappa shape index (κ1) is 19.1. The van der Waals surface area contributed by atoms with Gasteiger partial charge in [-0.3, -0.25) is 9.59 Å².